The third-order valence-corrected chi connectivity index (χ3v) is 4.34. The van der Waals surface area contributed by atoms with Crippen LogP contribution in [0.3, 0.4) is 0 Å². The summed E-state index contributed by atoms with van der Waals surface area (Å²) in [5.41, 5.74) is 0. The molecule has 2 heterocycles. The van der Waals surface area contributed by atoms with Gasteiger partial charge in [-0.2, -0.15) is 8.42 Å². The summed E-state index contributed by atoms with van der Waals surface area (Å²) in [6, 6.07) is 0. The molecular formula is C6H10FO6PS. The van der Waals surface area contributed by atoms with E-state index in [0.29, 0.717) is 0 Å². The van der Waals surface area contributed by atoms with Gasteiger partial charge in [0.05, 0.1) is 13.2 Å². The Hall–Kier alpha value is 0.150. The van der Waals surface area contributed by atoms with Crippen molar-refractivity contribution in [2.75, 3.05) is 19.0 Å². The summed E-state index contributed by atoms with van der Waals surface area (Å²) >= 11 is 0. The van der Waals surface area contributed by atoms with Crippen molar-refractivity contribution in [3.8, 4) is 0 Å². The van der Waals surface area contributed by atoms with Gasteiger partial charge >= 0.3 is 8.60 Å². The maximum absolute atomic E-state index is 12.7. The van der Waals surface area contributed by atoms with Gasteiger partial charge in [0.1, 0.15) is 11.9 Å². The van der Waals surface area contributed by atoms with Gasteiger partial charge in [0.15, 0.2) is 0 Å². The molecule has 2 rings (SSSR count). The molecular weight excluding hydrogens is 250 g/mol. The van der Waals surface area contributed by atoms with Crippen LogP contribution in [0, 0.1) is 0 Å². The zero-order valence-corrected chi connectivity index (χ0v) is 9.38. The summed E-state index contributed by atoms with van der Waals surface area (Å²) in [6.07, 6.45) is -1.86. The quantitative estimate of drug-likeness (QED) is 0.537. The third-order valence-electron chi connectivity index (χ3n) is 1.80. The topological polar surface area (TPSA) is 71.1 Å². The molecule has 3 unspecified atom stereocenters. The molecule has 9 heteroatoms. The van der Waals surface area contributed by atoms with E-state index < -0.39 is 31.2 Å². The van der Waals surface area contributed by atoms with Crippen LogP contribution >= 0.6 is 8.60 Å². The Labute approximate surface area is 87.8 Å². The Morgan fingerprint density at radius 1 is 1.47 bits per heavy atom. The minimum Gasteiger partial charge on any atom is -0.312 e. The molecule has 0 aromatic heterocycles. The average molecular weight is 260 g/mol. The van der Waals surface area contributed by atoms with Crippen LogP contribution in [0.25, 0.3) is 0 Å². The van der Waals surface area contributed by atoms with E-state index in [1.165, 1.54) is 0 Å². The van der Waals surface area contributed by atoms with Crippen molar-refractivity contribution in [1.29, 1.82) is 0 Å². The van der Waals surface area contributed by atoms with Crippen molar-refractivity contribution < 1.29 is 30.6 Å². The van der Waals surface area contributed by atoms with E-state index in [9.17, 15) is 12.8 Å². The summed E-state index contributed by atoms with van der Waals surface area (Å²) < 4.78 is 53.9. The van der Waals surface area contributed by atoms with Gasteiger partial charge in [-0.05, 0) is 0 Å². The SMILES string of the molecule is O=S1(=O)CC(OP2OCCC(F)O2)CO1. The van der Waals surface area contributed by atoms with E-state index in [2.05, 4.69) is 4.18 Å². The first kappa shape index (κ1) is 11.6. The van der Waals surface area contributed by atoms with Crippen LogP contribution in [0.15, 0.2) is 0 Å². The highest BCUT2D eigenvalue weighted by Gasteiger charge is 2.35. The molecule has 88 valence electrons. The molecule has 2 fully saturated rings. The van der Waals surface area contributed by atoms with Crippen molar-refractivity contribution in [2.45, 2.75) is 18.9 Å². The Bertz CT molecular complexity index is 322. The fourth-order valence-electron chi connectivity index (χ4n) is 1.14. The summed E-state index contributed by atoms with van der Waals surface area (Å²) in [5.74, 6) is -0.241. The maximum atomic E-state index is 12.7. The molecule has 0 aromatic rings. The van der Waals surface area contributed by atoms with E-state index in [0.717, 1.165) is 0 Å². The molecule has 3 atom stereocenters. The highest BCUT2D eigenvalue weighted by atomic mass is 32.2. The van der Waals surface area contributed by atoms with Gasteiger partial charge in [-0.3, -0.25) is 8.71 Å². The first-order valence-corrected chi connectivity index (χ1v) is 7.00. The molecule has 2 saturated heterocycles. The molecule has 6 nitrogen and oxygen atoms in total. The van der Waals surface area contributed by atoms with Gasteiger partial charge in [-0.15, -0.1) is 0 Å². The number of halogens is 1. The minimum atomic E-state index is -3.48. The lowest BCUT2D eigenvalue weighted by Gasteiger charge is -2.24. The fraction of sp³-hybridized carbons (Fsp3) is 1.00. The van der Waals surface area contributed by atoms with Crippen molar-refractivity contribution in [3.63, 3.8) is 0 Å². The zero-order valence-electron chi connectivity index (χ0n) is 7.67. The van der Waals surface area contributed by atoms with E-state index in [4.69, 9.17) is 13.6 Å². The summed E-state index contributed by atoms with van der Waals surface area (Å²) in [5, 5.41) is 0. The fourth-order valence-corrected chi connectivity index (χ4v) is 3.41. The molecule has 0 aliphatic carbocycles. The van der Waals surface area contributed by atoms with Gasteiger partial charge < -0.3 is 9.05 Å². The highest BCUT2D eigenvalue weighted by molar-refractivity contribution is 7.87. The van der Waals surface area contributed by atoms with E-state index in [-0.39, 0.29) is 25.4 Å². The normalized spacial score (nSPS) is 40.5. The molecule has 2 aliphatic heterocycles. The van der Waals surface area contributed by atoms with Crippen LogP contribution in [0.2, 0.25) is 0 Å². The van der Waals surface area contributed by atoms with Crippen LogP contribution in [0.4, 0.5) is 4.39 Å². The minimum absolute atomic E-state index is 0.0646. The molecule has 0 spiro atoms. The molecule has 0 amide bonds. The smallest absolute Gasteiger partial charge is 0.312 e. The van der Waals surface area contributed by atoms with Crippen LogP contribution in [-0.2, 0) is 27.9 Å². The summed E-state index contributed by atoms with van der Waals surface area (Å²) in [7, 11) is -5.26. The lowest BCUT2D eigenvalue weighted by Crippen LogP contribution is -2.20. The van der Waals surface area contributed by atoms with Crippen molar-refractivity contribution in [1.82, 2.24) is 0 Å². The second kappa shape index (κ2) is 4.57. The van der Waals surface area contributed by atoms with Gasteiger partial charge in [0.2, 0.25) is 6.36 Å². The Balaban J connectivity index is 1.82. The molecule has 2 aliphatic rings. The summed E-state index contributed by atoms with van der Waals surface area (Å²) in [6.45, 7) is 0.151. The lowest BCUT2D eigenvalue weighted by molar-refractivity contribution is -0.0209. The first-order valence-electron chi connectivity index (χ1n) is 4.33. The Kier molecular flexibility index (Phi) is 3.54. The number of hydrogen-bond donors (Lipinski definition) is 0. The van der Waals surface area contributed by atoms with E-state index >= 15 is 0 Å². The van der Waals surface area contributed by atoms with Crippen LogP contribution in [0.5, 0.6) is 0 Å². The van der Waals surface area contributed by atoms with E-state index in [1.54, 1.807) is 0 Å². The third kappa shape index (κ3) is 3.30. The van der Waals surface area contributed by atoms with Gasteiger partial charge in [0, 0.05) is 6.42 Å². The Morgan fingerprint density at radius 3 is 2.87 bits per heavy atom. The maximum Gasteiger partial charge on any atom is 0.335 e. The predicted octanol–water partition coefficient (Wildman–Crippen LogP) is 0.691. The van der Waals surface area contributed by atoms with Gasteiger partial charge in [-0.1, -0.05) is 0 Å². The van der Waals surface area contributed by atoms with Gasteiger partial charge in [-0.25, -0.2) is 4.39 Å². The summed E-state index contributed by atoms with van der Waals surface area (Å²) in [4.78, 5) is 0. The van der Waals surface area contributed by atoms with Crippen LogP contribution in [0.1, 0.15) is 6.42 Å². The largest absolute Gasteiger partial charge is 0.335 e. The lowest BCUT2D eigenvalue weighted by atomic mass is 10.5. The highest BCUT2D eigenvalue weighted by Crippen LogP contribution is 2.46. The molecule has 0 N–H and O–H groups in total. The number of alkyl halides is 1. The standard InChI is InChI=1S/C6H10FO6PS/c7-6-1-2-10-14(13-6)12-5-3-11-15(8,9)4-5/h5-6H,1-4H2. The van der Waals surface area contributed by atoms with Crippen LogP contribution in [-0.4, -0.2) is 39.8 Å². The predicted molar refractivity (Wildman–Crippen MR) is 48.1 cm³/mol. The monoisotopic (exact) mass is 260 g/mol. The average Bonchev–Trinajstić information content (AvgIpc) is 2.45. The Morgan fingerprint density at radius 2 is 2.27 bits per heavy atom. The second-order valence-electron chi connectivity index (χ2n) is 3.10. The van der Waals surface area contributed by atoms with Crippen molar-refractivity contribution >= 4 is 18.7 Å². The first-order chi connectivity index (χ1) is 7.05. The number of rotatable bonds is 2. The van der Waals surface area contributed by atoms with Crippen LogP contribution < -0.4 is 0 Å². The molecule has 0 bridgehead atoms. The van der Waals surface area contributed by atoms with Crippen molar-refractivity contribution in [2.24, 2.45) is 0 Å². The molecule has 0 aromatic carbocycles. The second-order valence-corrected chi connectivity index (χ2v) is 5.91. The molecule has 0 radical (unpaired) electrons. The molecule has 0 saturated carbocycles. The van der Waals surface area contributed by atoms with Gasteiger partial charge in [0.25, 0.3) is 10.1 Å². The van der Waals surface area contributed by atoms with Crippen molar-refractivity contribution in [3.05, 3.63) is 0 Å². The number of hydrogen-bond acceptors (Lipinski definition) is 6. The molecule has 15 heavy (non-hydrogen) atoms. The zero-order chi connectivity index (χ0) is 10.9. The van der Waals surface area contributed by atoms with E-state index in [1.807, 2.05) is 0 Å².